The minimum absolute atomic E-state index is 0.138. The maximum absolute atomic E-state index is 12.5. The number of carboxylic acid groups (broad SMARTS) is 1. The van der Waals surface area contributed by atoms with Crippen molar-refractivity contribution < 1.29 is 14.7 Å². The highest BCUT2D eigenvalue weighted by molar-refractivity contribution is 5.84. The molecule has 0 radical (unpaired) electrons. The van der Waals surface area contributed by atoms with Gasteiger partial charge in [0.15, 0.2) is 6.04 Å². The smallest absolute Gasteiger partial charge is 0.330 e. The number of carbonyl (C=O) groups excluding carboxylic acids is 1. The fraction of sp³-hybridized carbons (Fsp3) is 0.500. The van der Waals surface area contributed by atoms with Crippen LogP contribution >= 0.6 is 0 Å². The molecule has 1 aromatic carbocycles. The number of benzene rings is 1. The highest BCUT2D eigenvalue weighted by Crippen LogP contribution is 2.23. The van der Waals surface area contributed by atoms with Crippen molar-refractivity contribution in [2.75, 3.05) is 0 Å². The number of carbonyl (C=O) groups is 2. The predicted molar refractivity (Wildman–Crippen MR) is 80.0 cm³/mol. The Morgan fingerprint density at radius 2 is 1.76 bits per heavy atom. The van der Waals surface area contributed by atoms with Gasteiger partial charge in [-0.05, 0) is 38.7 Å². The molecule has 1 aromatic rings. The molecule has 2 rings (SSSR count). The number of amides is 2. The lowest BCUT2D eigenvalue weighted by atomic mass is 9.98. The molecule has 0 bridgehead atoms. The Hall–Kier alpha value is -2.04. The summed E-state index contributed by atoms with van der Waals surface area (Å²) in [6.45, 7) is 4.01. The van der Waals surface area contributed by atoms with Gasteiger partial charge in [-0.15, -0.1) is 0 Å². The van der Waals surface area contributed by atoms with Gasteiger partial charge in [-0.2, -0.15) is 0 Å². The number of piperidine rings is 1. The van der Waals surface area contributed by atoms with E-state index in [1.165, 1.54) is 0 Å². The van der Waals surface area contributed by atoms with E-state index in [2.05, 4.69) is 5.32 Å². The molecule has 0 saturated carbocycles. The molecule has 2 amide bonds. The molecular weight excluding hydrogens is 268 g/mol. The summed E-state index contributed by atoms with van der Waals surface area (Å²) in [5, 5.41) is 12.0. The van der Waals surface area contributed by atoms with Crippen molar-refractivity contribution in [1.82, 2.24) is 10.2 Å². The fourth-order valence-corrected chi connectivity index (χ4v) is 2.95. The van der Waals surface area contributed by atoms with Crippen LogP contribution in [0.1, 0.15) is 44.7 Å². The standard InChI is InChI=1S/C16H22N2O3/c1-11-7-6-8-12(2)18(11)16(21)17-14(15(19)20)13-9-4-3-5-10-13/h3-5,9-12,14H,6-8H2,1-2H3,(H,17,21)(H,19,20)/t11?,12?,14-/m1/s1. The molecule has 5 heteroatoms. The lowest BCUT2D eigenvalue weighted by Crippen LogP contribution is -2.53. The predicted octanol–water partition coefficient (Wildman–Crippen LogP) is 2.78. The summed E-state index contributed by atoms with van der Waals surface area (Å²) in [7, 11) is 0. The second-order valence-electron chi connectivity index (χ2n) is 5.67. The zero-order valence-electron chi connectivity index (χ0n) is 12.5. The topological polar surface area (TPSA) is 69.6 Å². The third kappa shape index (κ3) is 3.54. The van der Waals surface area contributed by atoms with Gasteiger partial charge in [0.05, 0.1) is 0 Å². The second-order valence-corrected chi connectivity index (χ2v) is 5.67. The van der Waals surface area contributed by atoms with Crippen LogP contribution in [0.3, 0.4) is 0 Å². The van der Waals surface area contributed by atoms with Crippen LogP contribution in [0.25, 0.3) is 0 Å². The Morgan fingerprint density at radius 3 is 2.29 bits per heavy atom. The van der Waals surface area contributed by atoms with E-state index >= 15 is 0 Å². The number of rotatable bonds is 3. The quantitative estimate of drug-likeness (QED) is 0.899. The number of likely N-dealkylation sites (tertiary alicyclic amines) is 1. The molecule has 1 aliphatic rings. The summed E-state index contributed by atoms with van der Waals surface area (Å²) in [4.78, 5) is 25.7. The molecule has 1 heterocycles. The van der Waals surface area contributed by atoms with Gasteiger partial charge in [0.25, 0.3) is 0 Å². The third-order valence-electron chi connectivity index (χ3n) is 4.08. The van der Waals surface area contributed by atoms with Crippen LogP contribution in [0.15, 0.2) is 30.3 Å². The van der Waals surface area contributed by atoms with Crippen LogP contribution in [0.2, 0.25) is 0 Å². The summed E-state index contributed by atoms with van der Waals surface area (Å²) in [5.74, 6) is -1.05. The van der Waals surface area contributed by atoms with Crippen LogP contribution in [-0.4, -0.2) is 34.1 Å². The van der Waals surface area contributed by atoms with Gasteiger partial charge in [-0.1, -0.05) is 30.3 Å². The minimum Gasteiger partial charge on any atom is -0.479 e. The monoisotopic (exact) mass is 290 g/mol. The Bertz CT molecular complexity index is 494. The number of hydrogen-bond donors (Lipinski definition) is 2. The largest absolute Gasteiger partial charge is 0.479 e. The number of aliphatic carboxylic acids is 1. The molecule has 1 aliphatic heterocycles. The van der Waals surface area contributed by atoms with Gasteiger partial charge < -0.3 is 15.3 Å². The first kappa shape index (κ1) is 15.4. The third-order valence-corrected chi connectivity index (χ3v) is 4.08. The van der Waals surface area contributed by atoms with Crippen molar-refractivity contribution >= 4 is 12.0 Å². The fourth-order valence-electron chi connectivity index (χ4n) is 2.95. The van der Waals surface area contributed by atoms with E-state index in [0.717, 1.165) is 19.3 Å². The number of carboxylic acids is 1. The van der Waals surface area contributed by atoms with Gasteiger partial charge in [0, 0.05) is 12.1 Å². The maximum Gasteiger partial charge on any atom is 0.330 e. The molecule has 3 atom stereocenters. The summed E-state index contributed by atoms with van der Waals surface area (Å²) >= 11 is 0. The molecule has 0 spiro atoms. The summed E-state index contributed by atoms with van der Waals surface area (Å²) in [5.41, 5.74) is 0.579. The molecule has 21 heavy (non-hydrogen) atoms. The van der Waals surface area contributed by atoms with Crippen LogP contribution in [-0.2, 0) is 4.79 Å². The summed E-state index contributed by atoms with van der Waals surface area (Å²) in [6, 6.07) is 7.74. The van der Waals surface area contributed by atoms with Crippen LogP contribution in [0, 0.1) is 0 Å². The molecule has 2 N–H and O–H groups in total. The van der Waals surface area contributed by atoms with Crippen molar-refractivity contribution in [3.63, 3.8) is 0 Å². The highest BCUT2D eigenvalue weighted by Gasteiger charge is 2.31. The van der Waals surface area contributed by atoms with Gasteiger partial charge >= 0.3 is 12.0 Å². The first-order chi connectivity index (χ1) is 10.0. The first-order valence-electron chi connectivity index (χ1n) is 7.37. The summed E-state index contributed by atoms with van der Waals surface area (Å²) in [6.07, 6.45) is 3.02. The maximum atomic E-state index is 12.5. The van der Waals surface area contributed by atoms with Gasteiger partial charge in [-0.3, -0.25) is 0 Å². The number of nitrogens with zero attached hydrogens (tertiary/aromatic N) is 1. The summed E-state index contributed by atoms with van der Waals surface area (Å²) < 4.78 is 0. The number of urea groups is 1. The normalized spacial score (nSPS) is 23.4. The van der Waals surface area contributed by atoms with E-state index in [0.29, 0.717) is 5.56 Å². The molecule has 5 nitrogen and oxygen atoms in total. The van der Waals surface area contributed by atoms with Crippen molar-refractivity contribution in [3.05, 3.63) is 35.9 Å². The molecule has 1 fully saturated rings. The second kappa shape index (κ2) is 6.61. The Kier molecular flexibility index (Phi) is 4.83. The van der Waals surface area contributed by atoms with E-state index in [-0.39, 0.29) is 18.1 Å². The van der Waals surface area contributed by atoms with E-state index in [4.69, 9.17) is 0 Å². The van der Waals surface area contributed by atoms with E-state index < -0.39 is 12.0 Å². The lowest BCUT2D eigenvalue weighted by Gasteiger charge is -2.39. The van der Waals surface area contributed by atoms with Crippen molar-refractivity contribution in [1.29, 1.82) is 0 Å². The van der Waals surface area contributed by atoms with E-state index in [9.17, 15) is 14.7 Å². The van der Waals surface area contributed by atoms with Gasteiger partial charge in [0.1, 0.15) is 0 Å². The van der Waals surface area contributed by atoms with Gasteiger partial charge in [0.2, 0.25) is 0 Å². The van der Waals surface area contributed by atoms with E-state index in [1.54, 1.807) is 29.2 Å². The zero-order chi connectivity index (χ0) is 15.4. The molecular formula is C16H22N2O3. The van der Waals surface area contributed by atoms with Crippen molar-refractivity contribution in [2.24, 2.45) is 0 Å². The highest BCUT2D eigenvalue weighted by atomic mass is 16.4. The average Bonchev–Trinajstić information content (AvgIpc) is 2.45. The minimum atomic E-state index is -1.05. The zero-order valence-corrected chi connectivity index (χ0v) is 12.5. The SMILES string of the molecule is CC1CCCC(C)N1C(=O)N[C@@H](C(=O)O)c1ccccc1. The van der Waals surface area contributed by atoms with Crippen molar-refractivity contribution in [3.8, 4) is 0 Å². The Morgan fingerprint density at radius 1 is 1.19 bits per heavy atom. The average molecular weight is 290 g/mol. The lowest BCUT2D eigenvalue weighted by molar-refractivity contribution is -0.139. The van der Waals surface area contributed by atoms with Crippen LogP contribution < -0.4 is 5.32 Å². The van der Waals surface area contributed by atoms with Crippen LogP contribution in [0.4, 0.5) is 4.79 Å². The van der Waals surface area contributed by atoms with E-state index in [1.807, 2.05) is 19.9 Å². The van der Waals surface area contributed by atoms with Crippen molar-refractivity contribution in [2.45, 2.75) is 51.2 Å². The first-order valence-corrected chi connectivity index (χ1v) is 7.37. The van der Waals surface area contributed by atoms with Gasteiger partial charge in [-0.25, -0.2) is 9.59 Å². The number of hydrogen-bond acceptors (Lipinski definition) is 2. The van der Waals surface area contributed by atoms with Crippen LogP contribution in [0.5, 0.6) is 0 Å². The molecule has 2 unspecified atom stereocenters. The number of nitrogens with one attached hydrogen (secondary N) is 1. The molecule has 114 valence electrons. The molecule has 1 saturated heterocycles. The Balaban J connectivity index is 2.13. The Labute approximate surface area is 125 Å². The molecule has 0 aromatic heterocycles. The molecule has 0 aliphatic carbocycles.